The first-order chi connectivity index (χ1) is 33.2. The number of hydrogen-bond donors (Lipinski definition) is 2. The molecule has 0 fully saturated rings. The van der Waals surface area contributed by atoms with Gasteiger partial charge in [-0.2, -0.15) is 0 Å². The summed E-state index contributed by atoms with van der Waals surface area (Å²) in [7, 11) is 3.33. The third-order valence-electron chi connectivity index (χ3n) is 12.4. The van der Waals surface area contributed by atoms with Crippen molar-refractivity contribution in [3.63, 3.8) is 0 Å². The Morgan fingerprint density at radius 1 is 0.515 bits per heavy atom. The molecular formula is C58H66N6O4. The number of rotatable bonds is 20. The zero-order chi connectivity index (χ0) is 47.8. The van der Waals surface area contributed by atoms with E-state index in [2.05, 4.69) is 92.9 Å². The first-order valence-corrected chi connectivity index (χ1v) is 24.1. The molecule has 0 bridgehead atoms. The highest BCUT2D eigenvalue weighted by Crippen LogP contribution is 2.29. The van der Waals surface area contributed by atoms with Gasteiger partial charge in [-0.25, -0.2) is 9.97 Å². The molecule has 2 atom stereocenters. The monoisotopic (exact) mass is 911 g/mol. The molecule has 0 aliphatic heterocycles. The fraction of sp³-hybridized carbons (Fsp3) is 0.310. The molecule has 10 heteroatoms. The van der Waals surface area contributed by atoms with Crippen molar-refractivity contribution >= 4 is 33.9 Å². The fourth-order valence-electron chi connectivity index (χ4n) is 8.38. The van der Waals surface area contributed by atoms with Gasteiger partial charge < -0.3 is 29.2 Å². The van der Waals surface area contributed by atoms with Crippen LogP contribution in [-0.2, 0) is 13.1 Å². The zero-order valence-electron chi connectivity index (χ0n) is 40.5. The van der Waals surface area contributed by atoms with E-state index in [0.717, 1.165) is 79.8 Å². The van der Waals surface area contributed by atoms with E-state index in [9.17, 15) is 9.59 Å². The Balaban J connectivity index is 0.000000201. The summed E-state index contributed by atoms with van der Waals surface area (Å²) in [4.78, 5) is 36.0. The van der Waals surface area contributed by atoms with Crippen molar-refractivity contribution in [2.24, 2.45) is 11.8 Å². The molecule has 10 nitrogen and oxygen atoms in total. The second-order valence-electron chi connectivity index (χ2n) is 17.8. The Labute approximate surface area is 401 Å². The summed E-state index contributed by atoms with van der Waals surface area (Å²) in [6.07, 6.45) is 6.92. The van der Waals surface area contributed by atoms with E-state index in [1.807, 2.05) is 100 Å². The molecule has 8 aromatic rings. The molecule has 0 radical (unpaired) electrons. The number of unbranched alkanes of at least 4 members (excludes halogenated alkanes) is 2. The quantitative estimate of drug-likeness (QED) is 0.0788. The van der Waals surface area contributed by atoms with E-state index in [-0.39, 0.29) is 11.8 Å². The first kappa shape index (κ1) is 48.7. The molecule has 0 unspecified atom stereocenters. The summed E-state index contributed by atoms with van der Waals surface area (Å²) < 4.78 is 14.6. The van der Waals surface area contributed by atoms with Crippen molar-refractivity contribution in [1.29, 1.82) is 0 Å². The third-order valence-corrected chi connectivity index (χ3v) is 12.4. The number of imidazole rings is 2. The van der Waals surface area contributed by atoms with Crippen LogP contribution < -0.4 is 20.1 Å². The van der Waals surface area contributed by atoms with Crippen molar-refractivity contribution in [2.45, 2.75) is 79.3 Å². The van der Waals surface area contributed by atoms with E-state index in [1.165, 1.54) is 25.7 Å². The number of methoxy groups -OCH3 is 2. The average molecular weight is 911 g/mol. The van der Waals surface area contributed by atoms with Crippen LogP contribution in [0.5, 0.6) is 11.5 Å². The van der Waals surface area contributed by atoms with E-state index in [0.29, 0.717) is 49.7 Å². The van der Waals surface area contributed by atoms with E-state index >= 15 is 0 Å². The summed E-state index contributed by atoms with van der Waals surface area (Å²) >= 11 is 0. The maximum atomic E-state index is 13.2. The Morgan fingerprint density at radius 2 is 0.941 bits per heavy atom. The van der Waals surface area contributed by atoms with Crippen molar-refractivity contribution in [1.82, 2.24) is 29.7 Å². The van der Waals surface area contributed by atoms with Crippen LogP contribution in [0.25, 0.3) is 44.3 Å². The predicted molar refractivity (Wildman–Crippen MR) is 277 cm³/mol. The van der Waals surface area contributed by atoms with Crippen LogP contribution in [0.3, 0.4) is 0 Å². The van der Waals surface area contributed by atoms with Gasteiger partial charge in [0.25, 0.3) is 11.8 Å². The highest BCUT2D eigenvalue weighted by atomic mass is 16.5. The molecule has 2 amide bonds. The smallest absolute Gasteiger partial charge is 0.287 e. The molecule has 8 rings (SSSR count). The number of aromatic nitrogens is 4. The van der Waals surface area contributed by atoms with Crippen LogP contribution >= 0.6 is 0 Å². The molecule has 2 N–H and O–H groups in total. The van der Waals surface area contributed by atoms with Gasteiger partial charge in [-0.05, 0) is 107 Å². The molecule has 0 spiro atoms. The van der Waals surface area contributed by atoms with Crippen LogP contribution in [0.4, 0.5) is 0 Å². The molecule has 0 saturated heterocycles. The normalized spacial score (nSPS) is 12.0. The minimum absolute atomic E-state index is 0.124. The standard InChI is InChI=1S/2C29H33N3O2/c1-4-5-9-21(2)19-30-29(33)28-31-26-18-24(23-12-15-25(34-3)16-13-23)14-17-27(26)32(28)20-22-10-7-6-8-11-22;1-4-5-9-21(2)19-30-29(33)28-31-26-17-14-24(23-12-15-25(34-3)16-13-23)18-27(26)32(28)20-22-10-7-6-8-11-22/h2*6-8,10-18,21H,4-5,9,19-20H2,1-3H3,(H,30,33)/t2*21-/m00/s1. The topological polar surface area (TPSA) is 112 Å². The predicted octanol–water partition coefficient (Wildman–Crippen LogP) is 12.6. The number of amides is 2. The Kier molecular flexibility index (Phi) is 17.2. The molecule has 2 heterocycles. The second kappa shape index (κ2) is 24.0. The lowest BCUT2D eigenvalue weighted by molar-refractivity contribution is 0.0926. The SMILES string of the molecule is CCCC[C@H](C)CNC(=O)c1nc2cc(-c3ccc(OC)cc3)ccc2n1Cc1ccccc1.CCCC[C@H](C)CNC(=O)c1nc2ccc(-c3ccc(OC)cc3)cc2n1Cc1ccccc1. The van der Waals surface area contributed by atoms with Crippen LogP contribution in [0, 0.1) is 11.8 Å². The van der Waals surface area contributed by atoms with Crippen LogP contribution in [0.15, 0.2) is 146 Å². The highest BCUT2D eigenvalue weighted by Gasteiger charge is 2.21. The summed E-state index contributed by atoms with van der Waals surface area (Å²) in [5.41, 5.74) is 10.1. The summed E-state index contributed by atoms with van der Waals surface area (Å²) in [5.74, 6) is 3.19. The number of carbonyl (C=O) groups excluding carboxylic acids is 2. The molecular weight excluding hydrogens is 845 g/mol. The second-order valence-corrected chi connectivity index (χ2v) is 17.8. The number of benzene rings is 6. The van der Waals surface area contributed by atoms with E-state index in [1.54, 1.807) is 14.2 Å². The van der Waals surface area contributed by atoms with Gasteiger partial charge in [-0.1, -0.05) is 150 Å². The number of ether oxygens (including phenoxy) is 2. The van der Waals surface area contributed by atoms with Gasteiger partial charge in [0.2, 0.25) is 0 Å². The maximum absolute atomic E-state index is 13.2. The van der Waals surface area contributed by atoms with Crippen molar-refractivity contribution in [2.75, 3.05) is 27.3 Å². The molecule has 68 heavy (non-hydrogen) atoms. The number of hydrogen-bond acceptors (Lipinski definition) is 6. The third kappa shape index (κ3) is 12.6. The molecule has 352 valence electrons. The van der Waals surface area contributed by atoms with Crippen LogP contribution in [0.1, 0.15) is 98.6 Å². The molecule has 2 aromatic heterocycles. The maximum Gasteiger partial charge on any atom is 0.287 e. The van der Waals surface area contributed by atoms with Crippen molar-refractivity contribution in [3.8, 4) is 33.8 Å². The van der Waals surface area contributed by atoms with Gasteiger partial charge >= 0.3 is 0 Å². The van der Waals surface area contributed by atoms with Gasteiger partial charge in [0.1, 0.15) is 11.5 Å². The van der Waals surface area contributed by atoms with Gasteiger partial charge in [0.05, 0.1) is 36.3 Å². The van der Waals surface area contributed by atoms with Gasteiger partial charge in [-0.3, -0.25) is 9.59 Å². The number of fused-ring (bicyclic) bond motifs is 2. The van der Waals surface area contributed by atoms with E-state index in [4.69, 9.17) is 19.4 Å². The Hall–Kier alpha value is -7.20. The zero-order valence-corrected chi connectivity index (χ0v) is 40.5. The first-order valence-electron chi connectivity index (χ1n) is 24.1. The van der Waals surface area contributed by atoms with Crippen LogP contribution in [-0.4, -0.2) is 58.2 Å². The van der Waals surface area contributed by atoms with Gasteiger partial charge in [0, 0.05) is 26.2 Å². The lowest BCUT2D eigenvalue weighted by Gasteiger charge is -2.13. The van der Waals surface area contributed by atoms with E-state index < -0.39 is 0 Å². The minimum Gasteiger partial charge on any atom is -0.497 e. The highest BCUT2D eigenvalue weighted by molar-refractivity contribution is 5.97. The van der Waals surface area contributed by atoms with Gasteiger partial charge in [-0.15, -0.1) is 0 Å². The lowest BCUT2D eigenvalue weighted by Crippen LogP contribution is -2.30. The van der Waals surface area contributed by atoms with Gasteiger partial charge in [0.15, 0.2) is 11.6 Å². The van der Waals surface area contributed by atoms with Crippen molar-refractivity contribution < 1.29 is 19.1 Å². The Morgan fingerprint density at radius 3 is 1.41 bits per heavy atom. The number of carbonyl (C=O) groups is 2. The largest absolute Gasteiger partial charge is 0.497 e. The fourth-order valence-corrected chi connectivity index (χ4v) is 8.38. The minimum atomic E-state index is -0.124. The van der Waals surface area contributed by atoms with Crippen LogP contribution in [0.2, 0.25) is 0 Å². The van der Waals surface area contributed by atoms with Crippen molar-refractivity contribution in [3.05, 3.63) is 168 Å². The summed E-state index contributed by atoms with van der Waals surface area (Å²) in [6.45, 7) is 11.2. The Bertz CT molecular complexity index is 2830. The average Bonchev–Trinajstić information content (AvgIpc) is 3.93. The molecule has 0 aliphatic rings. The number of nitrogens with one attached hydrogen (secondary N) is 2. The summed E-state index contributed by atoms with van der Waals surface area (Å²) in [5, 5.41) is 6.24. The molecule has 0 aliphatic carbocycles. The molecule has 0 saturated carbocycles. The lowest BCUT2D eigenvalue weighted by atomic mass is 10.0. The summed E-state index contributed by atoms with van der Waals surface area (Å²) in [6, 6.07) is 48.7. The number of nitrogens with zero attached hydrogens (tertiary/aromatic N) is 4. The molecule has 6 aromatic carbocycles.